The number of carbonyl (C=O) groups is 5. The molecule has 1 aliphatic rings. The number of carboxylic acid groups (broad SMARTS) is 2. The van der Waals surface area contributed by atoms with Gasteiger partial charge in [0.1, 0.15) is 24.2 Å². The van der Waals surface area contributed by atoms with Crippen LogP contribution in [0.2, 0.25) is 0 Å². The largest absolute Gasteiger partial charge is 0.481 e. The minimum Gasteiger partial charge on any atom is -0.481 e. The van der Waals surface area contributed by atoms with Gasteiger partial charge in [-0.1, -0.05) is 0 Å². The van der Waals surface area contributed by atoms with E-state index >= 15 is 0 Å². The Balaban J connectivity index is 2.77. The molecule has 0 bridgehead atoms. The lowest BCUT2D eigenvalue weighted by Gasteiger charge is -2.28. The molecule has 0 spiro atoms. The van der Waals surface area contributed by atoms with Gasteiger partial charge in [-0.15, -0.1) is 0 Å². The molecule has 12 nitrogen and oxygen atoms in total. The van der Waals surface area contributed by atoms with E-state index in [1.807, 2.05) is 0 Å². The minimum absolute atomic E-state index is 0.222. The number of hydrogen-bond acceptors (Lipinski definition) is 7. The number of hydrogen-bond donors (Lipinski definition) is 6. The topological polar surface area (TPSA) is 199 Å². The number of aliphatic hydroxyl groups is 1. The highest BCUT2D eigenvalue weighted by molar-refractivity contribution is 5.94. The lowest BCUT2D eigenvalue weighted by molar-refractivity contribution is -0.148. The van der Waals surface area contributed by atoms with E-state index in [1.165, 1.54) is 11.8 Å². The Labute approximate surface area is 154 Å². The average Bonchev–Trinajstić information content (AvgIpc) is 3.08. The fourth-order valence-electron chi connectivity index (χ4n) is 2.66. The second-order valence-corrected chi connectivity index (χ2v) is 6.21. The van der Waals surface area contributed by atoms with Crippen LogP contribution in [0.3, 0.4) is 0 Å². The number of carboxylic acids is 2. The second-order valence-electron chi connectivity index (χ2n) is 6.21. The number of likely N-dealkylation sites (tertiary alicyclic amines) is 1. The van der Waals surface area contributed by atoms with Crippen molar-refractivity contribution >= 4 is 29.7 Å². The standard InChI is InChI=1S/C15H24N4O8/c1-7(17-12(23)8(16)6-20)14(25)19-4-2-3-10(19)13(24)18-9(15(26)27)5-11(21)22/h7-10,20H,2-6,16H2,1H3,(H,17,23)(H,18,24)(H,21,22)(H,26,27). The van der Waals surface area contributed by atoms with Gasteiger partial charge in [0.2, 0.25) is 17.7 Å². The first kappa shape index (κ1) is 22.3. The molecule has 1 rings (SSSR count). The van der Waals surface area contributed by atoms with Gasteiger partial charge in [-0.3, -0.25) is 19.2 Å². The summed E-state index contributed by atoms with van der Waals surface area (Å²) in [4.78, 5) is 59.5. The summed E-state index contributed by atoms with van der Waals surface area (Å²) >= 11 is 0. The van der Waals surface area contributed by atoms with Gasteiger partial charge in [0.05, 0.1) is 13.0 Å². The van der Waals surface area contributed by atoms with E-state index in [9.17, 15) is 24.0 Å². The lowest BCUT2D eigenvalue weighted by atomic mass is 10.1. The Hall–Kier alpha value is -2.73. The summed E-state index contributed by atoms with van der Waals surface area (Å²) in [6.45, 7) is 1.02. The normalized spacial score (nSPS) is 19.7. The first-order valence-electron chi connectivity index (χ1n) is 8.30. The zero-order chi connectivity index (χ0) is 20.7. The molecule has 1 aliphatic heterocycles. The Bertz CT molecular complexity index is 611. The monoisotopic (exact) mass is 388 g/mol. The van der Waals surface area contributed by atoms with Crippen LogP contribution < -0.4 is 16.4 Å². The first-order valence-corrected chi connectivity index (χ1v) is 8.30. The van der Waals surface area contributed by atoms with Crippen molar-refractivity contribution in [2.45, 2.75) is 50.4 Å². The molecule has 27 heavy (non-hydrogen) atoms. The highest BCUT2D eigenvalue weighted by Crippen LogP contribution is 2.19. The fraction of sp³-hybridized carbons (Fsp3) is 0.667. The Morgan fingerprint density at radius 3 is 2.33 bits per heavy atom. The smallest absolute Gasteiger partial charge is 0.326 e. The maximum absolute atomic E-state index is 12.5. The summed E-state index contributed by atoms with van der Waals surface area (Å²) in [5, 5.41) is 31.1. The van der Waals surface area contributed by atoms with Crippen molar-refractivity contribution in [3.63, 3.8) is 0 Å². The third-order valence-corrected chi connectivity index (χ3v) is 4.09. The van der Waals surface area contributed by atoms with Crippen molar-refractivity contribution in [2.24, 2.45) is 5.73 Å². The van der Waals surface area contributed by atoms with Crippen LogP contribution in [0.15, 0.2) is 0 Å². The lowest BCUT2D eigenvalue weighted by Crippen LogP contribution is -2.56. The number of amides is 3. The quantitative estimate of drug-likeness (QED) is 0.236. The van der Waals surface area contributed by atoms with E-state index in [0.717, 1.165) is 0 Å². The molecule has 7 N–H and O–H groups in total. The van der Waals surface area contributed by atoms with E-state index in [0.29, 0.717) is 6.42 Å². The molecule has 3 amide bonds. The minimum atomic E-state index is -1.62. The van der Waals surface area contributed by atoms with Crippen LogP contribution in [0, 0.1) is 0 Å². The third kappa shape index (κ3) is 6.18. The van der Waals surface area contributed by atoms with Crippen LogP contribution in [0.25, 0.3) is 0 Å². The molecule has 4 unspecified atom stereocenters. The van der Waals surface area contributed by atoms with Crippen LogP contribution >= 0.6 is 0 Å². The molecule has 0 aromatic carbocycles. The predicted molar refractivity (Wildman–Crippen MR) is 89.2 cm³/mol. The Morgan fingerprint density at radius 1 is 1.19 bits per heavy atom. The van der Waals surface area contributed by atoms with E-state index in [4.69, 9.17) is 21.1 Å². The first-order chi connectivity index (χ1) is 12.6. The molecule has 0 aromatic heterocycles. The highest BCUT2D eigenvalue weighted by atomic mass is 16.4. The maximum atomic E-state index is 12.5. The van der Waals surface area contributed by atoms with Crippen molar-refractivity contribution in [1.29, 1.82) is 0 Å². The Kier molecular flexibility index (Phi) is 8.12. The van der Waals surface area contributed by atoms with Gasteiger partial charge in [0.25, 0.3) is 0 Å². The molecule has 0 aromatic rings. The summed E-state index contributed by atoms with van der Waals surface area (Å²) < 4.78 is 0. The van der Waals surface area contributed by atoms with E-state index in [-0.39, 0.29) is 13.0 Å². The number of aliphatic carboxylic acids is 2. The van der Waals surface area contributed by atoms with Crippen molar-refractivity contribution in [2.75, 3.05) is 13.2 Å². The molecule has 12 heteroatoms. The molecule has 1 fully saturated rings. The second kappa shape index (κ2) is 9.83. The summed E-state index contributed by atoms with van der Waals surface area (Å²) in [5.41, 5.74) is 5.36. The van der Waals surface area contributed by atoms with E-state index in [2.05, 4.69) is 10.6 Å². The van der Waals surface area contributed by atoms with Gasteiger partial charge in [-0.25, -0.2) is 4.79 Å². The number of nitrogens with zero attached hydrogens (tertiary/aromatic N) is 1. The Morgan fingerprint density at radius 2 is 1.81 bits per heavy atom. The fourth-order valence-corrected chi connectivity index (χ4v) is 2.66. The van der Waals surface area contributed by atoms with Crippen molar-refractivity contribution in [1.82, 2.24) is 15.5 Å². The molecular formula is C15H24N4O8. The number of nitrogens with two attached hydrogens (primary N) is 1. The highest BCUT2D eigenvalue weighted by Gasteiger charge is 2.38. The van der Waals surface area contributed by atoms with Gasteiger partial charge >= 0.3 is 11.9 Å². The van der Waals surface area contributed by atoms with Crippen LogP contribution in [-0.2, 0) is 24.0 Å². The zero-order valence-corrected chi connectivity index (χ0v) is 14.8. The van der Waals surface area contributed by atoms with Crippen molar-refractivity contribution < 1.29 is 39.3 Å². The molecule has 0 saturated carbocycles. The number of rotatable bonds is 9. The van der Waals surface area contributed by atoms with E-state index in [1.54, 1.807) is 0 Å². The van der Waals surface area contributed by atoms with Gasteiger partial charge in [0, 0.05) is 6.54 Å². The number of nitrogens with one attached hydrogen (secondary N) is 2. The van der Waals surface area contributed by atoms with Gasteiger partial charge in [-0.2, -0.15) is 0 Å². The van der Waals surface area contributed by atoms with Gasteiger partial charge in [-0.05, 0) is 19.8 Å². The third-order valence-electron chi connectivity index (χ3n) is 4.09. The molecule has 1 saturated heterocycles. The van der Waals surface area contributed by atoms with Crippen molar-refractivity contribution in [3.8, 4) is 0 Å². The zero-order valence-electron chi connectivity index (χ0n) is 14.8. The predicted octanol–water partition coefficient (Wildman–Crippen LogP) is -3.15. The van der Waals surface area contributed by atoms with Crippen LogP contribution in [0.4, 0.5) is 0 Å². The van der Waals surface area contributed by atoms with E-state index < -0.39 is 66.9 Å². The number of carbonyl (C=O) groups excluding carboxylic acids is 3. The molecule has 152 valence electrons. The summed E-state index contributed by atoms with van der Waals surface area (Å²) in [6, 6.07) is -4.80. The molecule has 0 aliphatic carbocycles. The summed E-state index contributed by atoms with van der Waals surface area (Å²) in [5.74, 6) is -4.97. The van der Waals surface area contributed by atoms with Crippen LogP contribution in [0.5, 0.6) is 0 Å². The average molecular weight is 388 g/mol. The van der Waals surface area contributed by atoms with Gasteiger partial charge in [0.15, 0.2) is 0 Å². The van der Waals surface area contributed by atoms with Crippen molar-refractivity contribution in [3.05, 3.63) is 0 Å². The number of aliphatic hydroxyl groups excluding tert-OH is 1. The van der Waals surface area contributed by atoms with Gasteiger partial charge < -0.3 is 36.6 Å². The van der Waals surface area contributed by atoms with Crippen LogP contribution in [0.1, 0.15) is 26.2 Å². The maximum Gasteiger partial charge on any atom is 0.326 e. The summed E-state index contributed by atoms with van der Waals surface area (Å²) in [7, 11) is 0. The summed E-state index contributed by atoms with van der Waals surface area (Å²) in [6.07, 6.45) is -0.0433. The molecule has 0 radical (unpaired) electrons. The molecular weight excluding hydrogens is 364 g/mol. The molecule has 1 heterocycles. The molecule has 4 atom stereocenters. The SMILES string of the molecule is CC(NC(=O)C(N)CO)C(=O)N1CCCC1C(=O)NC(CC(=O)O)C(=O)O. The van der Waals surface area contributed by atoms with Crippen LogP contribution in [-0.4, -0.2) is 87.2 Å².